The molecule has 212 valence electrons. The molecule has 2 aliphatic heterocycles. The highest BCUT2D eigenvalue weighted by Crippen LogP contribution is 2.27. The molecule has 2 saturated heterocycles. The average Bonchev–Trinajstić information content (AvgIpc) is 2.94. The zero-order valence-corrected chi connectivity index (χ0v) is 23.8. The third-order valence-electron chi connectivity index (χ3n) is 6.76. The number of fused-ring (bicyclic) bond motifs is 1. The number of carbonyl (C=O) groups excluding carboxylic acids is 3. The van der Waals surface area contributed by atoms with Gasteiger partial charge in [-0.3, -0.25) is 24.2 Å². The number of amides is 3. The lowest BCUT2D eigenvalue weighted by molar-refractivity contribution is -0.199. The number of aliphatic carboxylic acids is 1. The second kappa shape index (κ2) is 15.1. The Morgan fingerprint density at radius 2 is 1.85 bits per heavy atom. The molecule has 0 spiro atoms. The van der Waals surface area contributed by atoms with Gasteiger partial charge in [0.15, 0.2) is 0 Å². The zero-order valence-electron chi connectivity index (χ0n) is 22.6. The number of hydrazine groups is 1. The summed E-state index contributed by atoms with van der Waals surface area (Å²) < 4.78 is 0. The third kappa shape index (κ3) is 8.12. The van der Waals surface area contributed by atoms with Crippen molar-refractivity contribution in [3.63, 3.8) is 0 Å². The summed E-state index contributed by atoms with van der Waals surface area (Å²) in [5.41, 5.74) is 2.38. The number of benzene rings is 2. The monoisotopic (exact) mass is 565 g/mol. The minimum atomic E-state index is -1.05. The maximum absolute atomic E-state index is 13.2. The normalized spacial score (nSPS) is 18.9. The number of nitrogens with one attached hydrogen (secondary N) is 1. The Morgan fingerprint density at radius 3 is 2.45 bits per heavy atom. The van der Waals surface area contributed by atoms with Crippen LogP contribution in [0.5, 0.6) is 0 Å². The Balaban J connectivity index is 0.000000415. The van der Waals surface area contributed by atoms with E-state index in [4.69, 9.17) is 11.5 Å². The second-order valence-corrected chi connectivity index (χ2v) is 10.2. The van der Waals surface area contributed by atoms with Gasteiger partial charge in [-0.1, -0.05) is 60.5 Å². The fourth-order valence-electron chi connectivity index (χ4n) is 4.82. The summed E-state index contributed by atoms with van der Waals surface area (Å²) in [4.78, 5) is 52.0. The molecule has 0 radical (unpaired) electrons. The molecule has 2 unspecified atom stereocenters. The van der Waals surface area contributed by atoms with Crippen molar-refractivity contribution in [1.82, 2.24) is 25.1 Å². The maximum Gasteiger partial charge on any atom is 0.303 e. The van der Waals surface area contributed by atoms with Gasteiger partial charge in [0.05, 0.1) is 19.6 Å². The van der Waals surface area contributed by atoms with Crippen molar-refractivity contribution in [3.8, 4) is 12.3 Å². The van der Waals surface area contributed by atoms with Crippen molar-refractivity contribution < 1.29 is 24.3 Å². The lowest BCUT2D eigenvalue weighted by atomic mass is 10.0. The van der Waals surface area contributed by atoms with Crippen LogP contribution in [0.15, 0.2) is 54.6 Å². The largest absolute Gasteiger partial charge is 0.481 e. The van der Waals surface area contributed by atoms with Crippen LogP contribution >= 0.6 is 9.24 Å². The molecule has 0 aliphatic carbocycles. The van der Waals surface area contributed by atoms with Gasteiger partial charge in [-0.2, -0.15) is 5.01 Å². The Morgan fingerprint density at radius 1 is 1.15 bits per heavy atom. The second-order valence-electron chi connectivity index (χ2n) is 9.53. The molecule has 3 amide bonds. The van der Waals surface area contributed by atoms with Gasteiger partial charge in [0, 0.05) is 19.5 Å². The van der Waals surface area contributed by atoms with Crippen LogP contribution in [0.4, 0.5) is 0 Å². The zero-order chi connectivity index (χ0) is 29.1. The highest BCUT2D eigenvalue weighted by molar-refractivity contribution is 7.27. The summed E-state index contributed by atoms with van der Waals surface area (Å²) in [6.07, 6.45) is 5.57. The molecule has 0 bridgehead atoms. The lowest BCUT2D eigenvalue weighted by Gasteiger charge is -2.54. The first-order valence-electron chi connectivity index (χ1n) is 13.1. The van der Waals surface area contributed by atoms with Gasteiger partial charge in [-0.25, -0.2) is 0 Å². The van der Waals surface area contributed by atoms with Gasteiger partial charge in [0.25, 0.3) is 0 Å². The molecule has 11 heteroatoms. The minimum Gasteiger partial charge on any atom is -0.481 e. The van der Waals surface area contributed by atoms with E-state index in [2.05, 4.69) is 32.6 Å². The Labute approximate surface area is 237 Å². The number of carboxylic acid groups (broad SMARTS) is 1. The Bertz CT molecular complexity index is 1200. The number of carbonyl (C=O) groups is 4. The maximum atomic E-state index is 13.2. The highest BCUT2D eigenvalue weighted by Gasteiger charge is 2.49. The molecule has 2 aromatic carbocycles. The van der Waals surface area contributed by atoms with Crippen molar-refractivity contribution in [1.29, 1.82) is 0 Å². The molecule has 0 aromatic heterocycles. The molecular weight excluding hydrogens is 529 g/mol. The van der Waals surface area contributed by atoms with Crippen molar-refractivity contribution in [2.45, 2.75) is 38.0 Å². The number of hydrogen-bond donors (Lipinski definition) is 2. The van der Waals surface area contributed by atoms with Crippen LogP contribution in [-0.2, 0) is 32.1 Å². The van der Waals surface area contributed by atoms with Crippen molar-refractivity contribution >= 4 is 38.7 Å². The van der Waals surface area contributed by atoms with Crippen LogP contribution in [0.3, 0.4) is 0 Å². The van der Waals surface area contributed by atoms with E-state index < -0.39 is 18.2 Å². The Kier molecular flexibility index (Phi) is 11.6. The SMILES string of the molecule is C#CCN1CC(=O)N2C(CCC(=O)O)C(=O)N(CCc3ccc(P)cc3)C[C@@H]2N1C=O.CNCc1ccccc1. The van der Waals surface area contributed by atoms with Gasteiger partial charge in [0.2, 0.25) is 18.2 Å². The molecule has 2 fully saturated rings. The standard InChI is InChI=1S/C21H25N4O5P.C8H11N/c1-2-10-23-13-19(27)25-17(7-8-20(28)29)21(30)22(12-18(25)24(23)14-26)11-9-15-3-5-16(31)6-4-15;1-9-7-8-5-3-2-4-6-8/h1,3-6,14,17-18H,7-13,31H2,(H,28,29);2-6,9H,7H2,1H3/t17?,18-;/m1./s1. The molecule has 2 heterocycles. The van der Waals surface area contributed by atoms with Crippen LogP contribution in [0.1, 0.15) is 24.0 Å². The van der Waals surface area contributed by atoms with Crippen LogP contribution in [-0.4, -0.2) is 94.6 Å². The molecule has 10 nitrogen and oxygen atoms in total. The number of piperazine rings is 1. The molecule has 4 rings (SSSR count). The average molecular weight is 566 g/mol. The molecule has 2 aromatic rings. The van der Waals surface area contributed by atoms with E-state index in [-0.39, 0.29) is 44.3 Å². The number of hydrogen-bond acceptors (Lipinski definition) is 6. The summed E-state index contributed by atoms with van der Waals surface area (Å²) in [6, 6.07) is 17.3. The summed E-state index contributed by atoms with van der Waals surface area (Å²) in [7, 11) is 4.57. The quantitative estimate of drug-likeness (QED) is 0.248. The van der Waals surface area contributed by atoms with E-state index in [0.717, 1.165) is 17.4 Å². The fourth-order valence-corrected chi connectivity index (χ4v) is 5.02. The van der Waals surface area contributed by atoms with Crippen molar-refractivity contribution in [2.24, 2.45) is 0 Å². The number of terminal acetylenes is 1. The highest BCUT2D eigenvalue weighted by atomic mass is 31.0. The van der Waals surface area contributed by atoms with Crippen LogP contribution in [0.2, 0.25) is 0 Å². The van der Waals surface area contributed by atoms with Crippen LogP contribution < -0.4 is 10.6 Å². The predicted octanol–water partition coefficient (Wildman–Crippen LogP) is 0.688. The van der Waals surface area contributed by atoms with E-state index in [0.29, 0.717) is 19.4 Å². The van der Waals surface area contributed by atoms with Gasteiger partial charge >= 0.3 is 5.97 Å². The van der Waals surface area contributed by atoms with E-state index in [1.165, 1.54) is 20.5 Å². The molecular formula is C29H36N5O5P. The van der Waals surface area contributed by atoms with Crippen molar-refractivity contribution in [3.05, 3.63) is 65.7 Å². The van der Waals surface area contributed by atoms with E-state index >= 15 is 0 Å². The number of rotatable bonds is 10. The topological polar surface area (TPSA) is 114 Å². The van der Waals surface area contributed by atoms with Gasteiger partial charge < -0.3 is 20.2 Å². The minimum absolute atomic E-state index is 0.0174. The smallest absolute Gasteiger partial charge is 0.303 e. The molecule has 3 atom stereocenters. The first-order valence-corrected chi connectivity index (χ1v) is 13.6. The molecule has 2 aliphatic rings. The first kappa shape index (κ1) is 30.8. The first-order chi connectivity index (χ1) is 19.3. The van der Waals surface area contributed by atoms with Crippen LogP contribution in [0, 0.1) is 12.3 Å². The van der Waals surface area contributed by atoms with E-state index in [9.17, 15) is 19.2 Å². The van der Waals surface area contributed by atoms with Gasteiger partial charge in [-0.15, -0.1) is 15.7 Å². The summed E-state index contributed by atoms with van der Waals surface area (Å²) in [5, 5.41) is 16.1. The Hall–Kier alpha value is -3.77. The summed E-state index contributed by atoms with van der Waals surface area (Å²) in [5.74, 6) is 0.733. The summed E-state index contributed by atoms with van der Waals surface area (Å²) >= 11 is 0. The number of nitrogens with zero attached hydrogens (tertiary/aromatic N) is 4. The fraction of sp³-hybridized carbons (Fsp3) is 0.379. The predicted molar refractivity (Wildman–Crippen MR) is 155 cm³/mol. The lowest BCUT2D eigenvalue weighted by Crippen LogP contribution is -2.74. The van der Waals surface area contributed by atoms with Crippen LogP contribution in [0.25, 0.3) is 0 Å². The summed E-state index contributed by atoms with van der Waals surface area (Å²) in [6.45, 7) is 1.41. The molecule has 0 saturated carbocycles. The van der Waals surface area contributed by atoms with E-state index in [1.54, 1.807) is 4.90 Å². The molecule has 2 N–H and O–H groups in total. The third-order valence-corrected chi connectivity index (χ3v) is 7.15. The van der Waals surface area contributed by atoms with Gasteiger partial charge in [-0.05, 0) is 36.3 Å². The molecule has 40 heavy (non-hydrogen) atoms. The van der Waals surface area contributed by atoms with Crippen molar-refractivity contribution in [2.75, 3.05) is 33.2 Å². The van der Waals surface area contributed by atoms with E-state index in [1.807, 2.05) is 49.5 Å². The number of carboxylic acids is 1. The van der Waals surface area contributed by atoms with Gasteiger partial charge in [0.1, 0.15) is 12.2 Å².